The molecular formula is C14H15N3OS. The largest absolute Gasteiger partial charge is 0.409 e. The maximum Gasteiger partial charge on any atom is 0.170 e. The van der Waals surface area contributed by atoms with Crippen molar-refractivity contribution in [1.82, 2.24) is 4.98 Å². The average Bonchev–Trinajstić information content (AvgIpc) is 2.46. The van der Waals surface area contributed by atoms with E-state index in [1.165, 1.54) is 10.5 Å². The van der Waals surface area contributed by atoms with Gasteiger partial charge in [-0.05, 0) is 36.2 Å². The third-order valence-corrected chi connectivity index (χ3v) is 3.85. The van der Waals surface area contributed by atoms with Crippen molar-refractivity contribution < 1.29 is 5.21 Å². The number of nitrogens with two attached hydrogens (primary N) is 1. The van der Waals surface area contributed by atoms with Crippen LogP contribution in [0.4, 0.5) is 0 Å². The van der Waals surface area contributed by atoms with E-state index in [0.29, 0.717) is 0 Å². The van der Waals surface area contributed by atoms with Gasteiger partial charge in [-0.15, -0.1) is 11.8 Å². The lowest BCUT2D eigenvalue weighted by molar-refractivity contribution is 0.318. The second kappa shape index (κ2) is 6.24. The van der Waals surface area contributed by atoms with Gasteiger partial charge in [0.15, 0.2) is 5.84 Å². The summed E-state index contributed by atoms with van der Waals surface area (Å²) in [5.74, 6) is 1.02. The zero-order valence-corrected chi connectivity index (χ0v) is 11.4. The van der Waals surface area contributed by atoms with Gasteiger partial charge in [-0.2, -0.15) is 0 Å². The molecule has 1 aromatic heterocycles. The number of hydrogen-bond donors (Lipinski definition) is 2. The molecule has 0 unspecified atom stereocenters. The quantitative estimate of drug-likeness (QED) is 0.295. The Hall–Kier alpha value is -2.01. The van der Waals surface area contributed by atoms with Crippen LogP contribution in [0.3, 0.4) is 0 Å². The Morgan fingerprint density at radius 3 is 2.68 bits per heavy atom. The Balaban J connectivity index is 2.10. The zero-order chi connectivity index (χ0) is 13.7. The lowest BCUT2D eigenvalue weighted by atomic mass is 10.1. The van der Waals surface area contributed by atoms with Crippen LogP contribution in [0.1, 0.15) is 16.7 Å². The molecule has 2 rings (SSSR count). The Bertz CT molecular complexity index is 584. The molecule has 0 bridgehead atoms. The van der Waals surface area contributed by atoms with E-state index < -0.39 is 0 Å². The van der Waals surface area contributed by atoms with Crippen LogP contribution < -0.4 is 5.73 Å². The predicted octanol–water partition coefficient (Wildman–Crippen LogP) is 2.78. The van der Waals surface area contributed by atoms with Crippen molar-refractivity contribution >= 4 is 17.6 Å². The van der Waals surface area contributed by atoms with Gasteiger partial charge in [0.2, 0.25) is 0 Å². The number of thioether (sulfide) groups is 1. The summed E-state index contributed by atoms with van der Waals surface area (Å²) in [6.45, 7) is 2.02. The maximum atomic E-state index is 8.65. The molecule has 1 heterocycles. The van der Waals surface area contributed by atoms with Crippen molar-refractivity contribution in [2.75, 3.05) is 0 Å². The standard InChI is InChI=1S/C14H15N3OS/c1-10-8-11(14(15)17-18)2-3-12(10)9-19-13-4-6-16-7-5-13/h2-8,18H,9H2,1H3,(H2,15,17). The molecule has 3 N–H and O–H groups in total. The predicted molar refractivity (Wildman–Crippen MR) is 77.5 cm³/mol. The lowest BCUT2D eigenvalue weighted by Crippen LogP contribution is -2.13. The highest BCUT2D eigenvalue weighted by atomic mass is 32.2. The molecule has 0 fully saturated rings. The van der Waals surface area contributed by atoms with Crippen LogP contribution in [-0.4, -0.2) is 16.0 Å². The fraction of sp³-hybridized carbons (Fsp3) is 0.143. The Morgan fingerprint density at radius 2 is 2.05 bits per heavy atom. The van der Waals surface area contributed by atoms with Crippen LogP contribution in [0, 0.1) is 6.92 Å². The average molecular weight is 273 g/mol. The first-order valence-electron chi connectivity index (χ1n) is 5.81. The lowest BCUT2D eigenvalue weighted by Gasteiger charge is -2.08. The monoisotopic (exact) mass is 273 g/mol. The molecule has 0 aliphatic rings. The van der Waals surface area contributed by atoms with Crippen molar-refractivity contribution in [3.63, 3.8) is 0 Å². The summed E-state index contributed by atoms with van der Waals surface area (Å²) in [5.41, 5.74) is 8.66. The first-order chi connectivity index (χ1) is 9.20. The van der Waals surface area contributed by atoms with Crippen molar-refractivity contribution in [2.24, 2.45) is 10.9 Å². The molecule has 0 atom stereocenters. The highest BCUT2D eigenvalue weighted by Crippen LogP contribution is 2.24. The Morgan fingerprint density at radius 1 is 1.32 bits per heavy atom. The first-order valence-corrected chi connectivity index (χ1v) is 6.79. The number of amidine groups is 1. The molecule has 19 heavy (non-hydrogen) atoms. The number of benzene rings is 1. The van der Waals surface area contributed by atoms with Crippen LogP contribution in [0.2, 0.25) is 0 Å². The SMILES string of the molecule is Cc1cc(/C(N)=N/O)ccc1CSc1ccncc1. The van der Waals surface area contributed by atoms with Gasteiger partial charge in [-0.1, -0.05) is 17.3 Å². The number of nitrogens with zero attached hydrogens (tertiary/aromatic N) is 2. The van der Waals surface area contributed by atoms with E-state index in [4.69, 9.17) is 10.9 Å². The van der Waals surface area contributed by atoms with Gasteiger partial charge in [0, 0.05) is 28.6 Å². The maximum absolute atomic E-state index is 8.65. The van der Waals surface area contributed by atoms with E-state index >= 15 is 0 Å². The van der Waals surface area contributed by atoms with Crippen molar-refractivity contribution in [3.8, 4) is 0 Å². The summed E-state index contributed by atoms with van der Waals surface area (Å²) in [4.78, 5) is 5.18. The smallest absolute Gasteiger partial charge is 0.170 e. The molecular weight excluding hydrogens is 258 g/mol. The molecule has 1 aromatic carbocycles. The molecule has 0 aliphatic carbocycles. The normalized spacial score (nSPS) is 11.5. The highest BCUT2D eigenvalue weighted by Gasteiger charge is 2.04. The Kier molecular flexibility index (Phi) is 4.41. The van der Waals surface area contributed by atoms with Crippen LogP contribution >= 0.6 is 11.8 Å². The van der Waals surface area contributed by atoms with E-state index in [2.05, 4.69) is 10.1 Å². The summed E-state index contributed by atoms with van der Waals surface area (Å²) in [6.07, 6.45) is 3.58. The second-order valence-corrected chi connectivity index (χ2v) is 5.15. The van der Waals surface area contributed by atoms with Crippen molar-refractivity contribution in [3.05, 3.63) is 59.4 Å². The summed E-state index contributed by atoms with van der Waals surface area (Å²) in [5, 5.41) is 11.7. The number of aryl methyl sites for hydroxylation is 1. The third kappa shape index (κ3) is 3.48. The summed E-state index contributed by atoms with van der Waals surface area (Å²) in [7, 11) is 0. The summed E-state index contributed by atoms with van der Waals surface area (Å²) < 4.78 is 0. The number of pyridine rings is 1. The summed E-state index contributed by atoms with van der Waals surface area (Å²) >= 11 is 1.76. The van der Waals surface area contributed by atoms with Crippen LogP contribution in [-0.2, 0) is 5.75 Å². The number of aromatic nitrogens is 1. The van der Waals surface area contributed by atoms with Gasteiger partial charge in [-0.3, -0.25) is 4.98 Å². The van der Waals surface area contributed by atoms with E-state index in [1.807, 2.05) is 37.3 Å². The Labute approximate surface area is 116 Å². The van der Waals surface area contributed by atoms with Crippen molar-refractivity contribution in [2.45, 2.75) is 17.6 Å². The minimum atomic E-state index is 0.136. The van der Waals surface area contributed by atoms with Gasteiger partial charge in [0.1, 0.15) is 0 Å². The van der Waals surface area contributed by atoms with Gasteiger partial charge >= 0.3 is 0 Å². The van der Waals surface area contributed by atoms with E-state index in [0.717, 1.165) is 16.9 Å². The fourth-order valence-corrected chi connectivity index (χ4v) is 2.63. The van der Waals surface area contributed by atoms with E-state index in [-0.39, 0.29) is 5.84 Å². The molecule has 98 valence electrons. The van der Waals surface area contributed by atoms with E-state index in [1.54, 1.807) is 24.2 Å². The molecule has 0 amide bonds. The molecule has 5 heteroatoms. The minimum Gasteiger partial charge on any atom is -0.409 e. The minimum absolute atomic E-state index is 0.136. The molecule has 0 saturated heterocycles. The fourth-order valence-electron chi connectivity index (χ4n) is 1.67. The topological polar surface area (TPSA) is 71.5 Å². The molecule has 0 radical (unpaired) electrons. The third-order valence-electron chi connectivity index (χ3n) is 2.79. The van der Waals surface area contributed by atoms with E-state index in [9.17, 15) is 0 Å². The molecule has 0 saturated carbocycles. The molecule has 4 nitrogen and oxygen atoms in total. The van der Waals surface area contributed by atoms with Crippen LogP contribution in [0.5, 0.6) is 0 Å². The second-order valence-electron chi connectivity index (χ2n) is 4.10. The highest BCUT2D eigenvalue weighted by molar-refractivity contribution is 7.98. The number of oxime groups is 1. The molecule has 2 aromatic rings. The van der Waals surface area contributed by atoms with Crippen LogP contribution in [0.25, 0.3) is 0 Å². The van der Waals surface area contributed by atoms with Gasteiger partial charge in [0.25, 0.3) is 0 Å². The molecule has 0 spiro atoms. The number of hydrogen-bond acceptors (Lipinski definition) is 4. The first kappa shape index (κ1) is 13.4. The van der Waals surface area contributed by atoms with Gasteiger partial charge in [0.05, 0.1) is 0 Å². The zero-order valence-electron chi connectivity index (χ0n) is 10.6. The van der Waals surface area contributed by atoms with Crippen molar-refractivity contribution in [1.29, 1.82) is 0 Å². The summed E-state index contributed by atoms with van der Waals surface area (Å²) in [6, 6.07) is 9.79. The van der Waals surface area contributed by atoms with Gasteiger partial charge in [-0.25, -0.2) is 0 Å². The number of rotatable bonds is 4. The van der Waals surface area contributed by atoms with Gasteiger partial charge < -0.3 is 10.9 Å². The van der Waals surface area contributed by atoms with Crippen LogP contribution in [0.15, 0.2) is 52.8 Å². The molecule has 0 aliphatic heterocycles.